The third-order valence-corrected chi connectivity index (χ3v) is 8.42. The number of aliphatic hydroxyl groups excluding tert-OH is 2. The molecule has 2 atom stereocenters. The van der Waals surface area contributed by atoms with Crippen molar-refractivity contribution < 1.29 is 54.4 Å². The van der Waals surface area contributed by atoms with Gasteiger partial charge < -0.3 is 30.2 Å². The molecule has 6 nitrogen and oxygen atoms in total. The van der Waals surface area contributed by atoms with Crippen molar-refractivity contribution in [3.63, 3.8) is 0 Å². The molecule has 3 aromatic carbocycles. The molecule has 1 saturated carbocycles. The van der Waals surface area contributed by atoms with Gasteiger partial charge in [0.05, 0.1) is 6.61 Å². The van der Waals surface area contributed by atoms with Gasteiger partial charge in [-0.05, 0) is 127 Å². The van der Waals surface area contributed by atoms with Crippen molar-refractivity contribution in [3.05, 3.63) is 81.9 Å². The topological polar surface area (TPSA) is 102 Å². The summed E-state index contributed by atoms with van der Waals surface area (Å²) in [6.07, 6.45) is 2.38. The summed E-state index contributed by atoms with van der Waals surface area (Å²) in [5.74, 6) is -0.198. The first-order valence-electron chi connectivity index (χ1n) is 13.4. The van der Waals surface area contributed by atoms with E-state index in [4.69, 9.17) is 9.84 Å². The monoisotopic (exact) mass is 537 g/mol. The molecular formula is C32H36NNaO5. The third kappa shape index (κ3) is 6.21. The van der Waals surface area contributed by atoms with E-state index in [0.29, 0.717) is 12.3 Å². The molecule has 2 aliphatic carbocycles. The maximum absolute atomic E-state index is 11.3. The summed E-state index contributed by atoms with van der Waals surface area (Å²) in [4.78, 5) is 11.3. The second-order valence-electron chi connectivity index (χ2n) is 11.1. The summed E-state index contributed by atoms with van der Waals surface area (Å²) in [6.45, 7) is 6.68. The zero-order valence-electron chi connectivity index (χ0n) is 23.3. The Kier molecular flexibility index (Phi) is 9.14. The van der Waals surface area contributed by atoms with Gasteiger partial charge in [-0.25, -0.2) is 0 Å². The number of hydrogen-bond acceptors (Lipinski definition) is 6. The van der Waals surface area contributed by atoms with Crippen LogP contribution in [0.5, 0.6) is 5.75 Å². The molecule has 7 heteroatoms. The number of benzene rings is 3. The molecule has 2 aliphatic rings. The number of carboxylic acids is 1. The van der Waals surface area contributed by atoms with Gasteiger partial charge in [0.1, 0.15) is 18.5 Å². The molecule has 3 N–H and O–H groups in total. The molecule has 0 aromatic heterocycles. The van der Waals surface area contributed by atoms with Crippen molar-refractivity contribution in [1.29, 1.82) is 0 Å². The number of carbonyl (C=O) groups is 1. The van der Waals surface area contributed by atoms with Gasteiger partial charge in [0.2, 0.25) is 0 Å². The second-order valence-corrected chi connectivity index (χ2v) is 11.1. The number of ether oxygens (including phenoxy) is 1. The minimum absolute atomic E-state index is 0. The third-order valence-electron chi connectivity index (χ3n) is 8.42. The predicted octanol–water partition coefficient (Wildman–Crippen LogP) is 1.19. The second kappa shape index (κ2) is 12.0. The van der Waals surface area contributed by atoms with Gasteiger partial charge in [-0.2, -0.15) is 0 Å². The maximum Gasteiger partial charge on any atom is 1.00 e. The number of carboxylic acid groups (broad SMARTS) is 1. The van der Waals surface area contributed by atoms with Crippen molar-refractivity contribution >= 4 is 11.7 Å². The normalized spacial score (nSPS) is 17.3. The van der Waals surface area contributed by atoms with Crippen LogP contribution in [0.15, 0.2) is 48.5 Å². The van der Waals surface area contributed by atoms with Crippen molar-refractivity contribution in [2.24, 2.45) is 5.41 Å². The van der Waals surface area contributed by atoms with Crippen LogP contribution in [0.3, 0.4) is 0 Å². The number of nitrogens with one attached hydrogen (secondary N) is 1. The molecule has 1 unspecified atom stereocenters. The first kappa shape index (κ1) is 29.6. The average Bonchev–Trinajstić information content (AvgIpc) is 3.59. The number of aryl methyl sites for hydroxylation is 2. The van der Waals surface area contributed by atoms with Gasteiger partial charge in [0.15, 0.2) is 0 Å². The average molecular weight is 538 g/mol. The van der Waals surface area contributed by atoms with Crippen LogP contribution in [0.1, 0.15) is 58.6 Å². The van der Waals surface area contributed by atoms with E-state index in [2.05, 4.69) is 62.5 Å². The molecule has 0 heterocycles. The molecule has 1 spiro atoms. The van der Waals surface area contributed by atoms with Crippen molar-refractivity contribution in [1.82, 2.24) is 0 Å². The maximum atomic E-state index is 11.3. The van der Waals surface area contributed by atoms with Gasteiger partial charge in [-0.15, -0.1) is 0 Å². The molecule has 0 aliphatic heterocycles. The Bertz CT molecular complexity index is 1340. The largest absolute Gasteiger partial charge is 1.00 e. The molecule has 200 valence electrons. The quantitative estimate of drug-likeness (QED) is 0.336. The van der Waals surface area contributed by atoms with Gasteiger partial charge in [-0.1, -0.05) is 24.3 Å². The van der Waals surface area contributed by atoms with Crippen molar-refractivity contribution in [2.45, 2.75) is 65.0 Å². The Balaban J connectivity index is 0.00000353. The van der Waals surface area contributed by atoms with Crippen molar-refractivity contribution in [2.75, 3.05) is 18.5 Å². The summed E-state index contributed by atoms with van der Waals surface area (Å²) < 4.78 is 5.67. The van der Waals surface area contributed by atoms with Crippen LogP contribution in [0.2, 0.25) is 0 Å². The number of carbonyl (C=O) groups excluding carboxylic acids is 1. The van der Waals surface area contributed by atoms with Gasteiger partial charge in [0.25, 0.3) is 0 Å². The van der Waals surface area contributed by atoms with Crippen LogP contribution in [0, 0.1) is 26.2 Å². The summed E-state index contributed by atoms with van der Waals surface area (Å²) in [5, 5.41) is 33.6. The van der Waals surface area contributed by atoms with Crippen LogP contribution >= 0.6 is 0 Å². The number of fused-ring (bicyclic) bond motifs is 1. The zero-order valence-corrected chi connectivity index (χ0v) is 25.3. The SMILES string of the molecule is Cc1cc(OC[C@H](O)CO)cc(C)c1-c1cccc(CNc2ccc3c(c2)CC2(CC2)C3CC(=O)[O-])c1C.[Na+]. The zero-order chi connectivity index (χ0) is 27.0. The van der Waals surface area contributed by atoms with Crippen LogP contribution in [0.4, 0.5) is 5.69 Å². The van der Waals surface area contributed by atoms with Crippen molar-refractivity contribution in [3.8, 4) is 16.9 Å². The molecule has 3 aromatic rings. The van der Waals surface area contributed by atoms with Crippen LogP contribution in [-0.2, 0) is 17.8 Å². The minimum Gasteiger partial charge on any atom is -0.550 e. The standard InChI is InChI=1S/C32H37NO5.Na/c1-19-11-26(38-18-25(35)17-34)12-20(2)31(19)27-6-4-5-22(21(27)3)16-33-24-7-8-28-23(13-24)15-32(9-10-32)29(28)14-30(36)37;/h4-8,11-13,25,29,33-35H,9-10,14-18H2,1-3H3,(H,36,37);/q;+1/p-1/t25-,29?;/m1./s1. The minimum atomic E-state index is -0.959. The number of aliphatic hydroxyl groups is 2. The van der Waals surface area contributed by atoms with Crippen LogP contribution in [-0.4, -0.2) is 35.5 Å². The van der Waals surface area contributed by atoms with E-state index in [1.165, 1.54) is 33.4 Å². The van der Waals surface area contributed by atoms with E-state index >= 15 is 0 Å². The molecule has 0 amide bonds. The fourth-order valence-corrected chi connectivity index (χ4v) is 6.24. The van der Waals surface area contributed by atoms with Gasteiger partial charge in [0, 0.05) is 18.2 Å². The number of aliphatic carboxylic acids is 1. The van der Waals surface area contributed by atoms with Gasteiger partial charge >= 0.3 is 29.6 Å². The first-order valence-corrected chi connectivity index (χ1v) is 13.4. The molecule has 0 radical (unpaired) electrons. The van der Waals surface area contributed by atoms with Gasteiger partial charge in [-0.3, -0.25) is 0 Å². The molecule has 0 bridgehead atoms. The Labute approximate surface area is 252 Å². The number of hydrogen-bond donors (Lipinski definition) is 3. The van der Waals surface area contributed by atoms with E-state index in [1.54, 1.807) is 0 Å². The van der Waals surface area contributed by atoms with Crippen LogP contribution < -0.4 is 44.7 Å². The predicted molar refractivity (Wildman–Crippen MR) is 146 cm³/mol. The van der Waals surface area contributed by atoms with Crippen LogP contribution in [0.25, 0.3) is 11.1 Å². The smallest absolute Gasteiger partial charge is 0.550 e. The fourth-order valence-electron chi connectivity index (χ4n) is 6.24. The Morgan fingerprint density at radius 2 is 1.85 bits per heavy atom. The summed E-state index contributed by atoms with van der Waals surface area (Å²) in [6, 6.07) is 16.7. The van der Waals surface area contributed by atoms with E-state index < -0.39 is 12.1 Å². The Hall–Kier alpha value is -2.35. The summed E-state index contributed by atoms with van der Waals surface area (Å²) in [5.41, 5.74) is 10.6. The molecule has 1 fully saturated rings. The Morgan fingerprint density at radius 3 is 2.49 bits per heavy atom. The van der Waals surface area contributed by atoms with E-state index in [0.717, 1.165) is 36.1 Å². The van der Waals surface area contributed by atoms with E-state index in [9.17, 15) is 15.0 Å². The number of anilines is 1. The van der Waals surface area contributed by atoms with E-state index in [-0.39, 0.29) is 60.5 Å². The summed E-state index contributed by atoms with van der Waals surface area (Å²) in [7, 11) is 0. The van der Waals surface area contributed by atoms with E-state index in [1.807, 2.05) is 12.1 Å². The molecule has 39 heavy (non-hydrogen) atoms. The summed E-state index contributed by atoms with van der Waals surface area (Å²) >= 11 is 0. The number of rotatable bonds is 10. The molecule has 0 saturated heterocycles. The fraction of sp³-hybridized carbons (Fsp3) is 0.406. The first-order chi connectivity index (χ1) is 18.2. The Morgan fingerprint density at radius 1 is 1.13 bits per heavy atom. The molecule has 5 rings (SSSR count). The molecular weight excluding hydrogens is 501 g/mol.